The van der Waals surface area contributed by atoms with E-state index >= 15 is 0 Å². The highest BCUT2D eigenvalue weighted by molar-refractivity contribution is 5.68. The molecule has 2 nitrogen and oxygen atoms in total. The molecule has 1 rings (SSSR count). The number of hydrogen-bond acceptors (Lipinski definition) is 2. The fourth-order valence-corrected chi connectivity index (χ4v) is 4.81. The van der Waals surface area contributed by atoms with E-state index in [-0.39, 0.29) is 0 Å². The van der Waals surface area contributed by atoms with E-state index in [0.717, 1.165) is 24.9 Å². The Morgan fingerprint density at radius 3 is 1.25 bits per heavy atom. The largest absolute Gasteiger partial charge is 0.385 e. The lowest BCUT2D eigenvalue weighted by Gasteiger charge is -2.28. The fourth-order valence-electron chi connectivity index (χ4n) is 4.81. The van der Waals surface area contributed by atoms with E-state index in [1.54, 1.807) is 11.1 Å². The second kappa shape index (κ2) is 16.4. The maximum absolute atomic E-state index is 3.91. The summed E-state index contributed by atoms with van der Waals surface area (Å²) in [5, 5.41) is 7.82. The predicted molar refractivity (Wildman–Crippen MR) is 147 cm³/mol. The van der Waals surface area contributed by atoms with Crippen LogP contribution in [0.5, 0.6) is 0 Å². The first kappa shape index (κ1) is 28.9. The van der Waals surface area contributed by atoms with Crippen LogP contribution in [0, 0.1) is 11.8 Å². The van der Waals surface area contributed by atoms with Crippen molar-refractivity contribution in [3.63, 3.8) is 0 Å². The van der Waals surface area contributed by atoms with Gasteiger partial charge in [-0.2, -0.15) is 0 Å². The molecule has 186 valence electrons. The molecule has 0 saturated heterocycles. The highest BCUT2D eigenvalue weighted by Gasteiger charge is 2.22. The van der Waals surface area contributed by atoms with Crippen molar-refractivity contribution in [2.75, 3.05) is 23.7 Å². The van der Waals surface area contributed by atoms with Crippen molar-refractivity contribution >= 4 is 11.4 Å². The van der Waals surface area contributed by atoms with Crippen LogP contribution >= 0.6 is 0 Å². The third-order valence-corrected chi connectivity index (χ3v) is 7.75. The fraction of sp³-hybridized carbons (Fsp3) is 0.800. The van der Waals surface area contributed by atoms with Crippen LogP contribution in [-0.2, 0) is 0 Å². The summed E-state index contributed by atoms with van der Waals surface area (Å²) in [4.78, 5) is 0. The van der Waals surface area contributed by atoms with Crippen molar-refractivity contribution in [3.8, 4) is 0 Å². The molecule has 32 heavy (non-hydrogen) atoms. The Kier molecular flexibility index (Phi) is 14.8. The SMILES string of the molecule is CCCCC(CC)CNc1ccc(NCC(CC)CCCC)c(C(C)CC)c1C(C)CC. The van der Waals surface area contributed by atoms with Crippen LogP contribution in [0.15, 0.2) is 12.1 Å². The van der Waals surface area contributed by atoms with Crippen molar-refractivity contribution in [1.82, 2.24) is 0 Å². The van der Waals surface area contributed by atoms with Crippen LogP contribution in [0.3, 0.4) is 0 Å². The number of hydrogen-bond donors (Lipinski definition) is 2. The Morgan fingerprint density at radius 2 is 0.969 bits per heavy atom. The first-order valence-electron chi connectivity index (χ1n) is 14.1. The van der Waals surface area contributed by atoms with Gasteiger partial charge in [0.25, 0.3) is 0 Å². The summed E-state index contributed by atoms with van der Waals surface area (Å²) in [5.74, 6) is 2.68. The van der Waals surface area contributed by atoms with Crippen molar-refractivity contribution in [2.45, 2.75) is 131 Å². The second-order valence-corrected chi connectivity index (χ2v) is 10.2. The van der Waals surface area contributed by atoms with Gasteiger partial charge in [0.2, 0.25) is 0 Å². The molecule has 0 saturated carbocycles. The van der Waals surface area contributed by atoms with Gasteiger partial charge in [-0.1, -0.05) is 93.9 Å². The van der Waals surface area contributed by atoms with E-state index in [9.17, 15) is 0 Å². The highest BCUT2D eigenvalue weighted by atomic mass is 14.9. The Morgan fingerprint density at radius 1 is 0.594 bits per heavy atom. The van der Waals surface area contributed by atoms with Gasteiger partial charge in [0.05, 0.1) is 0 Å². The van der Waals surface area contributed by atoms with Crippen LogP contribution in [0.25, 0.3) is 0 Å². The Labute approximate surface area is 201 Å². The van der Waals surface area contributed by atoms with Gasteiger partial charge in [-0.3, -0.25) is 0 Å². The van der Waals surface area contributed by atoms with Gasteiger partial charge in [0, 0.05) is 24.5 Å². The molecular weight excluding hydrogens is 388 g/mol. The zero-order valence-corrected chi connectivity index (χ0v) is 22.9. The number of rotatable bonds is 18. The molecule has 0 aliphatic carbocycles. The first-order valence-corrected chi connectivity index (χ1v) is 14.1. The van der Waals surface area contributed by atoms with E-state index in [1.165, 1.54) is 75.6 Å². The van der Waals surface area contributed by atoms with Crippen LogP contribution in [-0.4, -0.2) is 13.1 Å². The minimum absolute atomic E-state index is 0.570. The molecule has 0 fully saturated rings. The van der Waals surface area contributed by atoms with Crippen molar-refractivity contribution < 1.29 is 0 Å². The van der Waals surface area contributed by atoms with Crippen molar-refractivity contribution in [2.24, 2.45) is 11.8 Å². The molecule has 0 spiro atoms. The molecule has 2 heteroatoms. The second-order valence-electron chi connectivity index (χ2n) is 10.2. The highest BCUT2D eigenvalue weighted by Crippen LogP contribution is 2.40. The lowest BCUT2D eigenvalue weighted by atomic mass is 9.83. The summed E-state index contributed by atoms with van der Waals surface area (Å²) in [6.07, 6.45) is 12.9. The summed E-state index contributed by atoms with van der Waals surface area (Å²) < 4.78 is 0. The summed E-state index contributed by atoms with van der Waals surface area (Å²) in [5.41, 5.74) is 5.90. The average Bonchev–Trinajstić information content (AvgIpc) is 2.83. The maximum Gasteiger partial charge on any atom is 0.0379 e. The van der Waals surface area contributed by atoms with Crippen LogP contribution in [0.4, 0.5) is 11.4 Å². The van der Waals surface area contributed by atoms with Crippen LogP contribution in [0.2, 0.25) is 0 Å². The molecule has 0 aliphatic heterocycles. The average molecular weight is 445 g/mol. The van der Waals surface area contributed by atoms with Gasteiger partial charge in [0.15, 0.2) is 0 Å². The number of nitrogens with one attached hydrogen (secondary N) is 2. The molecular formula is C30H56N2. The summed E-state index contributed by atoms with van der Waals surface area (Å²) in [6.45, 7) is 21.0. The third kappa shape index (κ3) is 8.99. The number of unbranched alkanes of at least 4 members (excludes halogenated alkanes) is 2. The summed E-state index contributed by atoms with van der Waals surface area (Å²) in [6, 6.07) is 4.74. The quantitative estimate of drug-likeness (QED) is 0.235. The molecule has 4 unspecified atom stereocenters. The number of anilines is 2. The summed E-state index contributed by atoms with van der Waals surface area (Å²) >= 11 is 0. The Hall–Kier alpha value is -1.18. The molecule has 0 heterocycles. The first-order chi connectivity index (χ1) is 15.5. The van der Waals surface area contributed by atoms with Gasteiger partial charge in [0.1, 0.15) is 0 Å². The molecule has 0 aromatic heterocycles. The molecule has 0 amide bonds. The lowest BCUT2D eigenvalue weighted by molar-refractivity contribution is 0.472. The molecule has 2 N–H and O–H groups in total. The molecule has 4 atom stereocenters. The Balaban J connectivity index is 3.21. The topological polar surface area (TPSA) is 24.1 Å². The van der Waals surface area contributed by atoms with E-state index in [2.05, 4.69) is 78.2 Å². The molecule has 0 bridgehead atoms. The normalized spacial score (nSPS) is 15.2. The van der Waals surface area contributed by atoms with E-state index in [0.29, 0.717) is 11.8 Å². The van der Waals surface area contributed by atoms with Gasteiger partial charge in [-0.25, -0.2) is 0 Å². The summed E-state index contributed by atoms with van der Waals surface area (Å²) in [7, 11) is 0. The minimum atomic E-state index is 0.570. The molecule has 0 aliphatic rings. The van der Waals surface area contributed by atoms with Gasteiger partial charge in [-0.15, -0.1) is 0 Å². The maximum atomic E-state index is 3.91. The van der Waals surface area contributed by atoms with Gasteiger partial charge in [-0.05, 0) is 72.6 Å². The van der Waals surface area contributed by atoms with Gasteiger partial charge >= 0.3 is 0 Å². The predicted octanol–water partition coefficient (Wildman–Crippen LogP) is 9.97. The zero-order valence-electron chi connectivity index (χ0n) is 22.9. The van der Waals surface area contributed by atoms with Crippen LogP contribution in [0.1, 0.15) is 143 Å². The van der Waals surface area contributed by atoms with E-state index in [4.69, 9.17) is 0 Å². The molecule has 0 radical (unpaired) electrons. The van der Waals surface area contributed by atoms with Gasteiger partial charge < -0.3 is 10.6 Å². The number of benzene rings is 1. The van der Waals surface area contributed by atoms with Crippen molar-refractivity contribution in [3.05, 3.63) is 23.3 Å². The zero-order chi connectivity index (χ0) is 23.9. The van der Waals surface area contributed by atoms with Crippen molar-refractivity contribution in [1.29, 1.82) is 0 Å². The lowest BCUT2D eigenvalue weighted by Crippen LogP contribution is -2.19. The van der Waals surface area contributed by atoms with E-state index < -0.39 is 0 Å². The standard InChI is InChI=1S/C30H56N2/c1-9-15-17-25(13-5)21-31-27-19-20-28(32-22-26(14-6)18-16-10-2)30(24(8)12-4)29(27)23(7)11-3/h19-20,23-26,31-32H,9-18,21-22H2,1-8H3. The monoisotopic (exact) mass is 444 g/mol. The smallest absolute Gasteiger partial charge is 0.0379 e. The molecule has 1 aromatic rings. The minimum Gasteiger partial charge on any atom is -0.385 e. The Bertz CT molecular complexity index is 556. The van der Waals surface area contributed by atoms with Crippen LogP contribution < -0.4 is 10.6 Å². The third-order valence-electron chi connectivity index (χ3n) is 7.75. The molecule has 1 aromatic carbocycles. The van der Waals surface area contributed by atoms with E-state index in [1.807, 2.05) is 0 Å².